The van der Waals surface area contributed by atoms with Crippen LogP contribution in [0.3, 0.4) is 0 Å². The Hall–Kier alpha value is -2.73. The fourth-order valence-corrected chi connectivity index (χ4v) is 2.62. The van der Waals surface area contributed by atoms with Crippen molar-refractivity contribution in [3.63, 3.8) is 0 Å². The molecule has 3 rings (SSSR count). The summed E-state index contributed by atoms with van der Waals surface area (Å²) in [6, 6.07) is 16.6. The molecule has 0 bridgehead atoms. The Balaban J connectivity index is 1.57. The van der Waals surface area contributed by atoms with Crippen LogP contribution in [0.2, 0.25) is 0 Å². The fraction of sp³-hybridized carbons (Fsp3) is 0.211. The molecule has 0 unspecified atom stereocenters. The fourth-order valence-electron chi connectivity index (χ4n) is 2.62. The predicted molar refractivity (Wildman–Crippen MR) is 91.8 cm³/mol. The Morgan fingerprint density at radius 2 is 1.68 bits per heavy atom. The van der Waals surface area contributed by atoms with Gasteiger partial charge >= 0.3 is 6.61 Å². The van der Waals surface area contributed by atoms with Gasteiger partial charge in [0.05, 0.1) is 11.9 Å². The lowest BCUT2D eigenvalue weighted by Crippen LogP contribution is -2.16. The van der Waals surface area contributed by atoms with Crippen molar-refractivity contribution in [3.05, 3.63) is 78.1 Å². The van der Waals surface area contributed by atoms with E-state index in [2.05, 4.69) is 14.7 Å². The molecule has 0 saturated heterocycles. The van der Waals surface area contributed by atoms with E-state index in [9.17, 15) is 8.78 Å². The molecule has 25 heavy (non-hydrogen) atoms. The molecule has 2 aromatic carbocycles. The molecule has 0 spiro atoms. The van der Waals surface area contributed by atoms with Crippen molar-refractivity contribution in [1.29, 1.82) is 0 Å². The number of ether oxygens (including phenoxy) is 1. The third-order valence-electron chi connectivity index (χ3n) is 3.71. The van der Waals surface area contributed by atoms with Gasteiger partial charge < -0.3 is 4.74 Å². The van der Waals surface area contributed by atoms with Crippen LogP contribution in [0.1, 0.15) is 11.1 Å². The van der Waals surface area contributed by atoms with Gasteiger partial charge in [-0.2, -0.15) is 13.9 Å². The van der Waals surface area contributed by atoms with Crippen LogP contribution in [-0.2, 0) is 13.1 Å². The van der Waals surface area contributed by atoms with E-state index in [1.165, 1.54) is 0 Å². The third kappa shape index (κ3) is 4.87. The van der Waals surface area contributed by atoms with Crippen molar-refractivity contribution >= 4 is 0 Å². The minimum absolute atomic E-state index is 0.172. The largest absolute Gasteiger partial charge is 0.435 e. The molecule has 4 nitrogen and oxygen atoms in total. The quantitative estimate of drug-likeness (QED) is 0.647. The molecular formula is C19H19F2N3O. The summed E-state index contributed by atoms with van der Waals surface area (Å²) in [5.41, 5.74) is 3.15. The smallest absolute Gasteiger partial charge is 0.387 e. The number of benzene rings is 2. The van der Waals surface area contributed by atoms with Crippen LogP contribution < -0.4 is 4.74 Å². The van der Waals surface area contributed by atoms with E-state index in [1.54, 1.807) is 24.3 Å². The van der Waals surface area contributed by atoms with Gasteiger partial charge in [-0.15, -0.1) is 0 Å². The zero-order chi connectivity index (χ0) is 17.6. The Labute approximate surface area is 145 Å². The van der Waals surface area contributed by atoms with Crippen LogP contribution in [-0.4, -0.2) is 28.3 Å². The van der Waals surface area contributed by atoms with Crippen LogP contribution in [0, 0.1) is 0 Å². The first-order valence-corrected chi connectivity index (χ1v) is 7.91. The number of hydrogen-bond donors (Lipinski definition) is 0. The lowest BCUT2D eigenvalue weighted by molar-refractivity contribution is -0.0498. The molecule has 0 amide bonds. The summed E-state index contributed by atoms with van der Waals surface area (Å²) in [6.07, 6.45) is 3.86. The highest BCUT2D eigenvalue weighted by Crippen LogP contribution is 2.16. The summed E-state index contributed by atoms with van der Waals surface area (Å²) in [7, 11) is 2.00. The van der Waals surface area contributed by atoms with Gasteiger partial charge in [-0.1, -0.05) is 30.3 Å². The molecule has 0 N–H and O–H groups in total. The Kier molecular flexibility index (Phi) is 5.40. The van der Waals surface area contributed by atoms with E-state index >= 15 is 0 Å². The Morgan fingerprint density at radius 1 is 1.00 bits per heavy atom. The van der Waals surface area contributed by atoms with E-state index in [1.807, 2.05) is 54.5 Å². The van der Waals surface area contributed by atoms with Gasteiger partial charge in [0.25, 0.3) is 0 Å². The van der Waals surface area contributed by atoms with Crippen LogP contribution in [0.4, 0.5) is 8.78 Å². The number of rotatable bonds is 7. The van der Waals surface area contributed by atoms with Crippen LogP contribution >= 0.6 is 0 Å². The van der Waals surface area contributed by atoms with Crippen molar-refractivity contribution in [2.24, 2.45) is 0 Å². The number of nitrogens with zero attached hydrogens (tertiary/aromatic N) is 3. The Bertz CT molecular complexity index is 788. The van der Waals surface area contributed by atoms with E-state index in [0.717, 1.165) is 23.4 Å². The standard InChI is InChI=1S/C19H19F2N3O/c1-23(12-15-7-9-18(10-8-15)25-19(20)21)13-16-11-22-24(14-16)17-5-3-2-4-6-17/h2-11,14,19H,12-13H2,1H3. The van der Waals surface area contributed by atoms with Crippen molar-refractivity contribution in [2.75, 3.05) is 7.05 Å². The molecule has 1 heterocycles. The summed E-state index contributed by atoms with van der Waals surface area (Å²) in [4.78, 5) is 2.13. The second-order valence-electron chi connectivity index (χ2n) is 5.82. The van der Waals surface area contributed by atoms with E-state index < -0.39 is 6.61 Å². The lowest BCUT2D eigenvalue weighted by atomic mass is 10.2. The molecule has 0 atom stereocenters. The molecule has 130 valence electrons. The first-order chi connectivity index (χ1) is 12.1. The summed E-state index contributed by atoms with van der Waals surface area (Å²) in [5, 5.41) is 4.39. The van der Waals surface area contributed by atoms with Gasteiger partial charge in [-0.05, 0) is 36.9 Å². The van der Waals surface area contributed by atoms with Gasteiger partial charge in [0.2, 0.25) is 0 Å². The van der Waals surface area contributed by atoms with E-state index in [0.29, 0.717) is 6.54 Å². The molecule has 0 saturated carbocycles. The average Bonchev–Trinajstić information content (AvgIpc) is 3.05. The maximum absolute atomic E-state index is 12.2. The monoisotopic (exact) mass is 343 g/mol. The second-order valence-corrected chi connectivity index (χ2v) is 5.82. The maximum atomic E-state index is 12.2. The van der Waals surface area contributed by atoms with Crippen LogP contribution in [0.5, 0.6) is 5.75 Å². The highest BCUT2D eigenvalue weighted by molar-refractivity contribution is 5.31. The molecule has 0 aliphatic heterocycles. The number of alkyl halides is 2. The highest BCUT2D eigenvalue weighted by Gasteiger charge is 2.07. The van der Waals surface area contributed by atoms with Crippen molar-refractivity contribution in [2.45, 2.75) is 19.7 Å². The normalized spacial score (nSPS) is 11.2. The summed E-state index contributed by atoms with van der Waals surface area (Å²) in [5.74, 6) is 0.172. The van der Waals surface area contributed by atoms with Gasteiger partial charge in [0, 0.05) is 24.8 Å². The molecular weight excluding hydrogens is 324 g/mol. The van der Waals surface area contributed by atoms with Crippen LogP contribution in [0.15, 0.2) is 67.0 Å². The highest BCUT2D eigenvalue weighted by atomic mass is 19.3. The summed E-state index contributed by atoms with van der Waals surface area (Å²) in [6.45, 7) is -1.36. The number of aromatic nitrogens is 2. The summed E-state index contributed by atoms with van der Waals surface area (Å²) < 4.78 is 30.5. The van der Waals surface area contributed by atoms with Gasteiger partial charge in [0.15, 0.2) is 0 Å². The topological polar surface area (TPSA) is 30.3 Å². The molecule has 6 heteroatoms. The van der Waals surface area contributed by atoms with E-state index in [-0.39, 0.29) is 5.75 Å². The van der Waals surface area contributed by atoms with Crippen molar-refractivity contribution in [3.8, 4) is 11.4 Å². The minimum atomic E-state index is -2.80. The third-order valence-corrected chi connectivity index (χ3v) is 3.71. The molecule has 0 aliphatic rings. The number of para-hydroxylation sites is 1. The molecule has 0 aliphatic carbocycles. The van der Waals surface area contributed by atoms with Gasteiger partial charge in [0.1, 0.15) is 5.75 Å². The van der Waals surface area contributed by atoms with Crippen LogP contribution in [0.25, 0.3) is 5.69 Å². The van der Waals surface area contributed by atoms with Gasteiger partial charge in [-0.3, -0.25) is 4.90 Å². The minimum Gasteiger partial charge on any atom is -0.435 e. The van der Waals surface area contributed by atoms with Crippen molar-refractivity contribution in [1.82, 2.24) is 14.7 Å². The zero-order valence-electron chi connectivity index (χ0n) is 13.8. The molecule has 0 radical (unpaired) electrons. The number of halogens is 2. The lowest BCUT2D eigenvalue weighted by Gasteiger charge is -2.16. The zero-order valence-corrected chi connectivity index (χ0v) is 13.8. The maximum Gasteiger partial charge on any atom is 0.387 e. The predicted octanol–water partition coefficient (Wildman–Crippen LogP) is 4.11. The first-order valence-electron chi connectivity index (χ1n) is 7.91. The van der Waals surface area contributed by atoms with E-state index in [4.69, 9.17) is 0 Å². The summed E-state index contributed by atoms with van der Waals surface area (Å²) >= 11 is 0. The Morgan fingerprint density at radius 3 is 2.36 bits per heavy atom. The molecule has 3 aromatic rings. The van der Waals surface area contributed by atoms with Gasteiger partial charge in [-0.25, -0.2) is 4.68 Å². The average molecular weight is 343 g/mol. The number of hydrogen-bond acceptors (Lipinski definition) is 3. The second kappa shape index (κ2) is 7.90. The molecule has 0 fully saturated rings. The first kappa shape index (κ1) is 17.1. The van der Waals surface area contributed by atoms with Crippen molar-refractivity contribution < 1.29 is 13.5 Å². The molecule has 1 aromatic heterocycles. The SMILES string of the molecule is CN(Cc1ccc(OC(F)F)cc1)Cc1cnn(-c2ccccc2)c1.